The van der Waals surface area contributed by atoms with E-state index in [1.54, 1.807) is 12.1 Å². The largest absolute Gasteiger partial charge is 0.376 e. The summed E-state index contributed by atoms with van der Waals surface area (Å²) in [5.41, 5.74) is 0.488. The summed E-state index contributed by atoms with van der Waals surface area (Å²) in [6.07, 6.45) is 3.42. The first-order valence-corrected chi connectivity index (χ1v) is 7.19. The predicted octanol–water partition coefficient (Wildman–Crippen LogP) is 3.40. The molecule has 1 amide bonds. The number of carbonyl (C=O) groups is 1. The van der Waals surface area contributed by atoms with Crippen LogP contribution in [0.15, 0.2) is 22.7 Å². The summed E-state index contributed by atoms with van der Waals surface area (Å²) in [4.78, 5) is 12.0. The summed E-state index contributed by atoms with van der Waals surface area (Å²) in [6.45, 7) is 1.33. The van der Waals surface area contributed by atoms with E-state index >= 15 is 0 Å². The molecule has 1 unspecified atom stereocenters. The van der Waals surface area contributed by atoms with Gasteiger partial charge in [-0.15, -0.1) is 0 Å². The molecule has 1 fully saturated rings. The molecule has 1 N–H and O–H groups in total. The number of hydrogen-bond donors (Lipinski definition) is 1. The van der Waals surface area contributed by atoms with Crippen LogP contribution in [0, 0.1) is 0 Å². The molecule has 1 aliphatic rings. The van der Waals surface area contributed by atoms with Crippen molar-refractivity contribution in [3.63, 3.8) is 0 Å². The molecular weight excluding hydrogens is 318 g/mol. The summed E-state index contributed by atoms with van der Waals surface area (Å²) in [7, 11) is 0. The summed E-state index contributed by atoms with van der Waals surface area (Å²) < 4.78 is 6.40. The highest BCUT2D eigenvalue weighted by atomic mass is 79.9. The highest BCUT2D eigenvalue weighted by Crippen LogP contribution is 2.21. The van der Waals surface area contributed by atoms with Crippen molar-refractivity contribution in [2.45, 2.75) is 25.4 Å². The van der Waals surface area contributed by atoms with Gasteiger partial charge in [-0.3, -0.25) is 4.79 Å². The molecule has 0 bridgehead atoms. The van der Waals surface area contributed by atoms with E-state index in [1.807, 2.05) is 6.07 Å². The number of hydrogen-bond acceptors (Lipinski definition) is 2. The number of carbonyl (C=O) groups excluding carboxylic acids is 1. The minimum Gasteiger partial charge on any atom is -0.376 e. The SMILES string of the molecule is O=C(NCC1CCCCO1)c1cc(Br)ccc1Cl. The molecule has 1 atom stereocenters. The minimum absolute atomic E-state index is 0.133. The molecule has 5 heteroatoms. The van der Waals surface area contributed by atoms with Crippen LogP contribution in [0.2, 0.25) is 5.02 Å². The first kappa shape index (κ1) is 13.8. The van der Waals surface area contributed by atoms with E-state index in [4.69, 9.17) is 16.3 Å². The van der Waals surface area contributed by atoms with Crippen LogP contribution in [0.3, 0.4) is 0 Å². The van der Waals surface area contributed by atoms with Gasteiger partial charge in [0, 0.05) is 17.6 Å². The van der Waals surface area contributed by atoms with E-state index in [1.165, 1.54) is 0 Å². The van der Waals surface area contributed by atoms with Gasteiger partial charge in [-0.25, -0.2) is 0 Å². The maximum Gasteiger partial charge on any atom is 0.252 e. The highest BCUT2D eigenvalue weighted by molar-refractivity contribution is 9.10. The van der Waals surface area contributed by atoms with E-state index < -0.39 is 0 Å². The Labute approximate surface area is 120 Å². The van der Waals surface area contributed by atoms with E-state index in [2.05, 4.69) is 21.2 Å². The van der Waals surface area contributed by atoms with Crippen LogP contribution in [0.4, 0.5) is 0 Å². The zero-order valence-corrected chi connectivity index (χ0v) is 12.3. The normalized spacial score (nSPS) is 19.6. The molecule has 2 rings (SSSR count). The fourth-order valence-electron chi connectivity index (χ4n) is 1.94. The van der Waals surface area contributed by atoms with Crippen molar-refractivity contribution in [3.05, 3.63) is 33.3 Å². The Morgan fingerprint density at radius 2 is 2.33 bits per heavy atom. The zero-order chi connectivity index (χ0) is 13.0. The lowest BCUT2D eigenvalue weighted by atomic mass is 10.1. The van der Waals surface area contributed by atoms with Crippen molar-refractivity contribution in [2.75, 3.05) is 13.2 Å². The molecule has 0 saturated carbocycles. The fourth-order valence-corrected chi connectivity index (χ4v) is 2.51. The van der Waals surface area contributed by atoms with Crippen molar-refractivity contribution in [1.29, 1.82) is 0 Å². The van der Waals surface area contributed by atoms with Gasteiger partial charge in [0.1, 0.15) is 0 Å². The average molecular weight is 333 g/mol. The van der Waals surface area contributed by atoms with E-state index in [0.29, 0.717) is 17.1 Å². The fraction of sp³-hybridized carbons (Fsp3) is 0.462. The predicted molar refractivity (Wildman–Crippen MR) is 75.1 cm³/mol. The van der Waals surface area contributed by atoms with Gasteiger partial charge < -0.3 is 10.1 Å². The number of nitrogens with one attached hydrogen (secondary N) is 1. The summed E-state index contributed by atoms with van der Waals surface area (Å²) in [5.74, 6) is -0.157. The Balaban J connectivity index is 1.92. The topological polar surface area (TPSA) is 38.3 Å². The van der Waals surface area contributed by atoms with Gasteiger partial charge in [0.05, 0.1) is 16.7 Å². The molecule has 3 nitrogen and oxygen atoms in total. The maximum atomic E-state index is 12.0. The lowest BCUT2D eigenvalue weighted by molar-refractivity contribution is 0.0169. The van der Waals surface area contributed by atoms with Gasteiger partial charge in [-0.1, -0.05) is 27.5 Å². The Hall–Kier alpha value is -0.580. The second-order valence-corrected chi connectivity index (χ2v) is 5.65. The number of ether oxygens (including phenoxy) is 1. The van der Waals surface area contributed by atoms with Crippen molar-refractivity contribution in [1.82, 2.24) is 5.32 Å². The molecule has 1 saturated heterocycles. The third kappa shape index (κ3) is 3.70. The molecule has 0 radical (unpaired) electrons. The summed E-state index contributed by atoms with van der Waals surface area (Å²) in [5, 5.41) is 3.33. The van der Waals surface area contributed by atoms with Crippen LogP contribution in [0.25, 0.3) is 0 Å². The van der Waals surface area contributed by atoms with E-state index in [-0.39, 0.29) is 12.0 Å². The van der Waals surface area contributed by atoms with Gasteiger partial charge in [-0.05, 0) is 37.5 Å². The van der Waals surface area contributed by atoms with Crippen LogP contribution >= 0.6 is 27.5 Å². The first-order valence-electron chi connectivity index (χ1n) is 6.01. The molecule has 18 heavy (non-hydrogen) atoms. The smallest absolute Gasteiger partial charge is 0.252 e. The van der Waals surface area contributed by atoms with Gasteiger partial charge >= 0.3 is 0 Å². The molecular formula is C13H15BrClNO2. The second kappa shape index (κ2) is 6.55. The van der Waals surface area contributed by atoms with Crippen LogP contribution in [0.5, 0.6) is 0 Å². The molecule has 0 spiro atoms. The Morgan fingerprint density at radius 1 is 1.50 bits per heavy atom. The molecule has 1 aliphatic heterocycles. The Bertz CT molecular complexity index is 433. The van der Waals surface area contributed by atoms with Crippen molar-refractivity contribution in [3.8, 4) is 0 Å². The molecule has 1 heterocycles. The first-order chi connectivity index (χ1) is 8.66. The van der Waals surface area contributed by atoms with Gasteiger partial charge in [0.2, 0.25) is 0 Å². The van der Waals surface area contributed by atoms with E-state index in [0.717, 1.165) is 30.3 Å². The van der Waals surface area contributed by atoms with Crippen LogP contribution in [-0.2, 0) is 4.74 Å². The molecule has 1 aromatic carbocycles. The van der Waals surface area contributed by atoms with Gasteiger partial charge in [0.25, 0.3) is 5.91 Å². The second-order valence-electron chi connectivity index (χ2n) is 4.32. The molecule has 1 aromatic rings. The zero-order valence-electron chi connectivity index (χ0n) is 9.92. The lowest BCUT2D eigenvalue weighted by Gasteiger charge is -2.22. The Morgan fingerprint density at radius 3 is 3.06 bits per heavy atom. The highest BCUT2D eigenvalue weighted by Gasteiger charge is 2.16. The monoisotopic (exact) mass is 331 g/mol. The van der Waals surface area contributed by atoms with Crippen molar-refractivity contribution in [2.24, 2.45) is 0 Å². The quantitative estimate of drug-likeness (QED) is 0.921. The van der Waals surface area contributed by atoms with Crippen molar-refractivity contribution < 1.29 is 9.53 Å². The Kier molecular flexibility index (Phi) is 5.03. The standard InChI is InChI=1S/C13H15BrClNO2/c14-9-4-5-12(15)11(7-9)13(17)16-8-10-3-1-2-6-18-10/h4-5,7,10H,1-3,6,8H2,(H,16,17). The van der Waals surface area contributed by atoms with Crippen LogP contribution in [-0.4, -0.2) is 25.2 Å². The molecule has 98 valence electrons. The lowest BCUT2D eigenvalue weighted by Crippen LogP contribution is -2.35. The van der Waals surface area contributed by atoms with Crippen molar-refractivity contribution >= 4 is 33.4 Å². The van der Waals surface area contributed by atoms with E-state index in [9.17, 15) is 4.79 Å². The maximum absolute atomic E-state index is 12.0. The number of amides is 1. The molecule has 0 aliphatic carbocycles. The minimum atomic E-state index is -0.157. The van der Waals surface area contributed by atoms with Gasteiger partial charge in [0.15, 0.2) is 0 Å². The summed E-state index contributed by atoms with van der Waals surface area (Å²) >= 11 is 9.33. The number of rotatable bonds is 3. The summed E-state index contributed by atoms with van der Waals surface area (Å²) in [6, 6.07) is 5.24. The van der Waals surface area contributed by atoms with Gasteiger partial charge in [-0.2, -0.15) is 0 Å². The van der Waals surface area contributed by atoms with Crippen LogP contribution in [0.1, 0.15) is 29.6 Å². The third-order valence-corrected chi connectivity index (χ3v) is 3.76. The third-order valence-electron chi connectivity index (χ3n) is 2.94. The molecule has 0 aromatic heterocycles. The number of halogens is 2. The van der Waals surface area contributed by atoms with Crippen LogP contribution < -0.4 is 5.32 Å². The number of benzene rings is 1. The average Bonchev–Trinajstić information content (AvgIpc) is 2.40.